The molecule has 0 bridgehead atoms. The monoisotopic (exact) mass is 605 g/mol. The van der Waals surface area contributed by atoms with Crippen molar-refractivity contribution >= 4 is 29.5 Å². The van der Waals surface area contributed by atoms with Crippen LogP contribution in [-0.2, 0) is 25.6 Å². The van der Waals surface area contributed by atoms with E-state index >= 15 is 0 Å². The number of ether oxygens (including phenoxy) is 3. The number of carbonyl (C=O) groups is 2. The maximum absolute atomic E-state index is 13.7. The highest BCUT2D eigenvalue weighted by molar-refractivity contribution is 7.99. The quantitative estimate of drug-likeness (QED) is 0.133. The SMILES string of the molecule is CC(C)(C)OC(=O)CC[C@@]1(C(=O)NNCc2ccccc2Sc2ccccc2)COC(c2ccc(OCCCO)cc2)=N1. The molecular weight excluding hydrogens is 566 g/mol. The van der Waals surface area contributed by atoms with E-state index in [1.807, 2.05) is 42.5 Å². The number of hydrazine groups is 1. The van der Waals surface area contributed by atoms with Gasteiger partial charge in [0, 0.05) is 41.3 Å². The third kappa shape index (κ3) is 9.57. The smallest absolute Gasteiger partial charge is 0.306 e. The summed E-state index contributed by atoms with van der Waals surface area (Å²) < 4.78 is 17.0. The second-order valence-electron chi connectivity index (χ2n) is 11.1. The largest absolute Gasteiger partial charge is 0.494 e. The molecule has 43 heavy (non-hydrogen) atoms. The first-order chi connectivity index (χ1) is 20.7. The van der Waals surface area contributed by atoms with Crippen molar-refractivity contribution in [3.63, 3.8) is 0 Å². The summed E-state index contributed by atoms with van der Waals surface area (Å²) in [6.07, 6.45) is 0.652. The molecule has 3 aromatic rings. The molecule has 1 amide bonds. The van der Waals surface area contributed by atoms with Gasteiger partial charge in [0.25, 0.3) is 5.91 Å². The number of aliphatic imine (C=N–C) groups is 1. The van der Waals surface area contributed by atoms with Gasteiger partial charge in [0.05, 0.1) is 6.61 Å². The maximum atomic E-state index is 13.7. The highest BCUT2D eigenvalue weighted by atomic mass is 32.2. The van der Waals surface area contributed by atoms with Gasteiger partial charge in [-0.15, -0.1) is 0 Å². The molecule has 228 valence electrons. The predicted molar refractivity (Wildman–Crippen MR) is 166 cm³/mol. The van der Waals surface area contributed by atoms with Crippen molar-refractivity contribution in [1.82, 2.24) is 10.9 Å². The first-order valence-corrected chi connectivity index (χ1v) is 15.1. The fraction of sp³-hybridized carbons (Fsp3) is 0.364. The minimum atomic E-state index is -1.33. The van der Waals surface area contributed by atoms with Gasteiger partial charge in [-0.2, -0.15) is 0 Å². The molecule has 1 atom stereocenters. The summed E-state index contributed by atoms with van der Waals surface area (Å²) in [5.74, 6) is 0.154. The molecule has 0 saturated carbocycles. The summed E-state index contributed by atoms with van der Waals surface area (Å²) in [5, 5.41) is 8.96. The zero-order chi connectivity index (χ0) is 30.7. The summed E-state index contributed by atoms with van der Waals surface area (Å²) in [5.41, 5.74) is 5.60. The number of aliphatic hydroxyl groups is 1. The van der Waals surface area contributed by atoms with Crippen LogP contribution in [0.15, 0.2) is 93.6 Å². The first-order valence-electron chi connectivity index (χ1n) is 14.3. The fourth-order valence-electron chi connectivity index (χ4n) is 4.30. The first kappa shape index (κ1) is 32.1. The van der Waals surface area contributed by atoms with Gasteiger partial charge < -0.3 is 19.3 Å². The van der Waals surface area contributed by atoms with E-state index in [0.29, 0.717) is 36.8 Å². The molecule has 0 unspecified atom stereocenters. The van der Waals surface area contributed by atoms with Gasteiger partial charge >= 0.3 is 5.97 Å². The number of carbonyl (C=O) groups excluding carboxylic acids is 2. The van der Waals surface area contributed by atoms with Gasteiger partial charge in [0.1, 0.15) is 18.0 Å². The third-order valence-corrected chi connectivity index (χ3v) is 7.57. The van der Waals surface area contributed by atoms with Crippen LogP contribution in [0.2, 0.25) is 0 Å². The van der Waals surface area contributed by atoms with Crippen LogP contribution in [0.5, 0.6) is 5.75 Å². The molecule has 9 nitrogen and oxygen atoms in total. The summed E-state index contributed by atoms with van der Waals surface area (Å²) in [6, 6.07) is 25.3. The summed E-state index contributed by atoms with van der Waals surface area (Å²) in [4.78, 5) is 33.1. The van der Waals surface area contributed by atoms with Gasteiger partial charge in [-0.25, -0.2) is 10.4 Å². The molecule has 1 aliphatic heterocycles. The highest BCUT2D eigenvalue weighted by Crippen LogP contribution is 2.31. The van der Waals surface area contributed by atoms with E-state index in [1.165, 1.54) is 0 Å². The van der Waals surface area contributed by atoms with Crippen LogP contribution in [-0.4, -0.2) is 53.8 Å². The minimum Gasteiger partial charge on any atom is -0.494 e. The molecule has 0 aliphatic carbocycles. The third-order valence-electron chi connectivity index (χ3n) is 6.45. The molecule has 0 saturated heterocycles. The van der Waals surface area contributed by atoms with Crippen molar-refractivity contribution in [2.24, 2.45) is 4.99 Å². The zero-order valence-corrected chi connectivity index (χ0v) is 25.6. The Balaban J connectivity index is 1.46. The molecule has 0 fully saturated rings. The topological polar surface area (TPSA) is 118 Å². The van der Waals surface area contributed by atoms with Crippen LogP contribution in [0.25, 0.3) is 0 Å². The van der Waals surface area contributed by atoms with Crippen LogP contribution in [0.4, 0.5) is 0 Å². The second kappa shape index (κ2) is 15.0. The maximum Gasteiger partial charge on any atom is 0.306 e. The molecule has 1 aliphatic rings. The molecule has 3 N–H and O–H groups in total. The van der Waals surface area contributed by atoms with Gasteiger partial charge in [-0.05, 0) is 75.2 Å². The number of rotatable bonds is 14. The lowest BCUT2D eigenvalue weighted by molar-refractivity contribution is -0.155. The lowest BCUT2D eigenvalue weighted by Gasteiger charge is -2.24. The molecule has 3 aromatic carbocycles. The van der Waals surface area contributed by atoms with Gasteiger partial charge in [-0.1, -0.05) is 48.2 Å². The van der Waals surface area contributed by atoms with Crippen LogP contribution >= 0.6 is 11.8 Å². The molecule has 4 rings (SSSR count). The Labute approximate surface area is 257 Å². The lowest BCUT2D eigenvalue weighted by atomic mass is 9.94. The molecular formula is C33H39N3O6S. The van der Waals surface area contributed by atoms with Crippen LogP contribution in [0.3, 0.4) is 0 Å². The predicted octanol–water partition coefficient (Wildman–Crippen LogP) is 5.06. The molecule has 0 radical (unpaired) electrons. The van der Waals surface area contributed by atoms with Gasteiger partial charge in [0.2, 0.25) is 5.90 Å². The second-order valence-corrected chi connectivity index (χ2v) is 12.2. The van der Waals surface area contributed by atoms with E-state index in [2.05, 4.69) is 23.0 Å². The Morgan fingerprint density at radius 1 is 1.02 bits per heavy atom. The van der Waals surface area contributed by atoms with E-state index in [0.717, 1.165) is 15.4 Å². The van der Waals surface area contributed by atoms with Crippen LogP contribution < -0.4 is 15.6 Å². The van der Waals surface area contributed by atoms with Crippen molar-refractivity contribution in [1.29, 1.82) is 0 Å². The number of aliphatic hydroxyl groups excluding tert-OH is 1. The molecule has 1 heterocycles. The highest BCUT2D eigenvalue weighted by Gasteiger charge is 2.45. The van der Waals surface area contributed by atoms with E-state index < -0.39 is 23.0 Å². The Morgan fingerprint density at radius 2 is 1.74 bits per heavy atom. The van der Waals surface area contributed by atoms with Crippen LogP contribution in [0, 0.1) is 0 Å². The molecule has 10 heteroatoms. The van der Waals surface area contributed by atoms with Crippen molar-refractivity contribution in [3.05, 3.63) is 90.0 Å². The Morgan fingerprint density at radius 3 is 2.47 bits per heavy atom. The van der Waals surface area contributed by atoms with E-state index in [4.69, 9.17) is 24.3 Å². The van der Waals surface area contributed by atoms with Crippen molar-refractivity contribution in [3.8, 4) is 5.75 Å². The average molecular weight is 606 g/mol. The fourth-order valence-corrected chi connectivity index (χ4v) is 5.27. The lowest BCUT2D eigenvalue weighted by Crippen LogP contribution is -2.51. The number of esters is 1. The number of hydrogen-bond acceptors (Lipinski definition) is 9. The standard InChI is InChI=1S/C33H39N3O6S/c1-32(2,3)42-29(38)18-19-33(23-41-30(35-33)24-14-16-26(17-15-24)40-21-9-20-37)31(39)36-34-22-25-10-7-8-13-28(25)43-27-11-5-4-6-12-27/h4-8,10-17,34,37H,9,18-23H2,1-3H3,(H,36,39)/t33-/m0/s1. The molecule has 0 aromatic heterocycles. The Kier molecular flexibility index (Phi) is 11.2. The van der Waals surface area contributed by atoms with Crippen LogP contribution in [0.1, 0.15) is 51.2 Å². The Hall–Kier alpha value is -3.86. The normalized spacial score (nSPS) is 16.2. The number of amides is 1. The van der Waals surface area contributed by atoms with Crippen molar-refractivity contribution in [2.45, 2.75) is 67.5 Å². The number of benzene rings is 3. The van der Waals surface area contributed by atoms with Gasteiger partial charge in [0.15, 0.2) is 5.54 Å². The van der Waals surface area contributed by atoms with Gasteiger partial charge in [-0.3, -0.25) is 15.0 Å². The summed E-state index contributed by atoms with van der Waals surface area (Å²) >= 11 is 1.65. The summed E-state index contributed by atoms with van der Waals surface area (Å²) in [7, 11) is 0. The minimum absolute atomic E-state index is 0.000978. The average Bonchev–Trinajstić information content (AvgIpc) is 3.43. The number of nitrogens with one attached hydrogen (secondary N) is 2. The number of nitrogens with zero attached hydrogens (tertiary/aromatic N) is 1. The Bertz CT molecular complexity index is 1390. The van der Waals surface area contributed by atoms with Crippen molar-refractivity contribution in [2.75, 3.05) is 19.8 Å². The van der Waals surface area contributed by atoms with Crippen molar-refractivity contribution < 1.29 is 28.9 Å². The molecule has 0 spiro atoms. The van der Waals surface area contributed by atoms with E-state index in [9.17, 15) is 9.59 Å². The van der Waals surface area contributed by atoms with E-state index in [1.54, 1.807) is 56.8 Å². The zero-order valence-electron chi connectivity index (χ0n) is 24.8. The number of hydrogen-bond donors (Lipinski definition) is 3. The van der Waals surface area contributed by atoms with E-state index in [-0.39, 0.29) is 26.1 Å². The summed E-state index contributed by atoms with van der Waals surface area (Å²) in [6.45, 7) is 6.24.